The van der Waals surface area contributed by atoms with E-state index >= 15 is 0 Å². The average Bonchev–Trinajstić information content (AvgIpc) is 2.91. The van der Waals surface area contributed by atoms with Gasteiger partial charge < -0.3 is 9.84 Å². The maximum Gasteiger partial charge on any atom is 0.285 e. The van der Waals surface area contributed by atoms with Crippen molar-refractivity contribution in [1.82, 2.24) is 10.4 Å². The molecule has 0 aromatic heterocycles. The molecule has 0 aliphatic carbocycles. The van der Waals surface area contributed by atoms with E-state index in [1.54, 1.807) is 30.3 Å². The summed E-state index contributed by atoms with van der Waals surface area (Å²) in [6, 6.07) is 8.04. The summed E-state index contributed by atoms with van der Waals surface area (Å²) in [4.78, 5) is 25.6. The summed E-state index contributed by atoms with van der Waals surface area (Å²) in [5.74, 6) is -0.792. The number of methoxy groups -OCH3 is 1. The van der Waals surface area contributed by atoms with Crippen LogP contribution in [0.15, 0.2) is 39.7 Å². The van der Waals surface area contributed by atoms with Crippen molar-refractivity contribution in [2.24, 2.45) is 0 Å². The number of nitrogens with one attached hydrogen (secondary N) is 1. The molecule has 2 aromatic carbocycles. The van der Waals surface area contributed by atoms with Gasteiger partial charge in [-0.3, -0.25) is 15.0 Å². The Morgan fingerprint density at radius 3 is 2.76 bits per heavy atom. The number of phenolic OH excluding ortho intramolecular Hbond substituents is 1. The molecule has 1 saturated heterocycles. The van der Waals surface area contributed by atoms with Gasteiger partial charge >= 0.3 is 0 Å². The van der Waals surface area contributed by atoms with Crippen LogP contribution in [0, 0.1) is 6.92 Å². The minimum absolute atomic E-state index is 0.0358. The number of hydrogen-bond acceptors (Lipinski definition) is 6. The van der Waals surface area contributed by atoms with Crippen LogP contribution in [-0.2, 0) is 4.79 Å². The van der Waals surface area contributed by atoms with Gasteiger partial charge in [0.05, 0.1) is 22.6 Å². The molecular formula is C19H14BrClN2O4S2. The molecule has 1 aliphatic heterocycles. The van der Waals surface area contributed by atoms with E-state index < -0.39 is 11.8 Å². The van der Waals surface area contributed by atoms with Crippen LogP contribution in [-0.4, -0.2) is 33.4 Å². The van der Waals surface area contributed by atoms with E-state index in [1.807, 2.05) is 6.92 Å². The lowest BCUT2D eigenvalue weighted by molar-refractivity contribution is -0.123. The van der Waals surface area contributed by atoms with Crippen molar-refractivity contribution in [2.75, 3.05) is 7.11 Å². The molecular weight excluding hydrogens is 500 g/mol. The number of ether oxygens (including phenoxy) is 1. The second kappa shape index (κ2) is 8.74. The van der Waals surface area contributed by atoms with Crippen molar-refractivity contribution in [1.29, 1.82) is 0 Å². The second-order valence-electron chi connectivity index (χ2n) is 5.99. The van der Waals surface area contributed by atoms with Crippen LogP contribution >= 0.6 is 51.5 Å². The Balaban J connectivity index is 1.85. The van der Waals surface area contributed by atoms with Gasteiger partial charge in [-0.15, -0.1) is 0 Å². The number of aromatic hydroxyl groups is 1. The smallest absolute Gasteiger partial charge is 0.285 e. The van der Waals surface area contributed by atoms with Crippen LogP contribution in [0.5, 0.6) is 11.5 Å². The Morgan fingerprint density at radius 2 is 2.10 bits per heavy atom. The third-order valence-corrected chi connectivity index (χ3v) is 6.26. The van der Waals surface area contributed by atoms with Crippen molar-refractivity contribution in [3.8, 4) is 11.5 Å². The number of phenols is 1. The average molecular weight is 514 g/mol. The summed E-state index contributed by atoms with van der Waals surface area (Å²) >= 11 is 15.7. The number of carbonyl (C=O) groups is 2. The summed E-state index contributed by atoms with van der Waals surface area (Å²) in [6.07, 6.45) is 1.59. The molecule has 2 amide bonds. The zero-order chi connectivity index (χ0) is 21.3. The van der Waals surface area contributed by atoms with Crippen LogP contribution in [0.25, 0.3) is 6.08 Å². The third-order valence-electron chi connectivity index (χ3n) is 3.96. The van der Waals surface area contributed by atoms with E-state index in [4.69, 9.17) is 28.6 Å². The summed E-state index contributed by atoms with van der Waals surface area (Å²) in [5, 5.41) is 11.1. The van der Waals surface area contributed by atoms with Gasteiger partial charge in [-0.1, -0.05) is 45.4 Å². The Morgan fingerprint density at radius 1 is 1.38 bits per heavy atom. The first-order valence-electron chi connectivity index (χ1n) is 8.13. The predicted octanol–water partition coefficient (Wildman–Crippen LogP) is 4.67. The lowest BCUT2D eigenvalue weighted by Gasteiger charge is -2.16. The minimum atomic E-state index is -0.542. The van der Waals surface area contributed by atoms with Crippen molar-refractivity contribution >= 4 is 73.7 Å². The molecule has 0 radical (unpaired) electrons. The van der Waals surface area contributed by atoms with Gasteiger partial charge in [0, 0.05) is 4.47 Å². The molecule has 2 aromatic rings. The van der Waals surface area contributed by atoms with Gasteiger partial charge in [0.2, 0.25) is 0 Å². The van der Waals surface area contributed by atoms with Crippen LogP contribution in [0.1, 0.15) is 21.5 Å². The van der Waals surface area contributed by atoms with Gasteiger partial charge in [-0.05, 0) is 60.6 Å². The first-order valence-corrected chi connectivity index (χ1v) is 10.5. The van der Waals surface area contributed by atoms with Crippen molar-refractivity contribution in [3.05, 3.63) is 61.4 Å². The van der Waals surface area contributed by atoms with Crippen LogP contribution in [0.3, 0.4) is 0 Å². The van der Waals surface area contributed by atoms with Gasteiger partial charge in [-0.25, -0.2) is 0 Å². The number of thiocarbonyl (C=S) groups is 1. The zero-order valence-electron chi connectivity index (χ0n) is 15.2. The number of amides is 2. The highest BCUT2D eigenvalue weighted by molar-refractivity contribution is 9.10. The van der Waals surface area contributed by atoms with Crippen molar-refractivity contribution in [2.45, 2.75) is 6.92 Å². The van der Waals surface area contributed by atoms with Gasteiger partial charge in [0.15, 0.2) is 15.8 Å². The molecule has 0 atom stereocenters. The number of hydrogen-bond donors (Lipinski definition) is 2. The normalized spacial score (nSPS) is 15.2. The van der Waals surface area contributed by atoms with Gasteiger partial charge in [0.1, 0.15) is 0 Å². The van der Waals surface area contributed by atoms with E-state index in [-0.39, 0.29) is 26.4 Å². The van der Waals surface area contributed by atoms with E-state index in [0.717, 1.165) is 22.3 Å². The van der Waals surface area contributed by atoms with Crippen LogP contribution < -0.4 is 10.2 Å². The maximum absolute atomic E-state index is 12.8. The lowest BCUT2D eigenvalue weighted by Crippen LogP contribution is -2.44. The Labute approximate surface area is 190 Å². The SMILES string of the molecule is COc1cc(/C=C2\SC(=S)N(NC(=O)c3ccc(C)cc3Cl)C2=O)c(Br)cc1O. The summed E-state index contributed by atoms with van der Waals surface area (Å²) < 4.78 is 5.84. The molecule has 1 aliphatic rings. The molecule has 0 unspecified atom stereocenters. The van der Waals surface area contributed by atoms with Gasteiger partial charge in [0.25, 0.3) is 11.8 Å². The summed E-state index contributed by atoms with van der Waals surface area (Å²) in [7, 11) is 1.43. The number of rotatable bonds is 4. The maximum atomic E-state index is 12.8. The first-order chi connectivity index (χ1) is 13.7. The lowest BCUT2D eigenvalue weighted by atomic mass is 10.1. The fraction of sp³-hybridized carbons (Fsp3) is 0.105. The van der Waals surface area contributed by atoms with E-state index in [0.29, 0.717) is 14.9 Å². The van der Waals surface area contributed by atoms with Crippen molar-refractivity contribution < 1.29 is 19.4 Å². The van der Waals surface area contributed by atoms with E-state index in [1.165, 1.54) is 13.2 Å². The molecule has 29 heavy (non-hydrogen) atoms. The standard InChI is InChI=1S/C19H14BrClN2O4S2/c1-9-3-4-11(13(21)5-9)17(25)22-23-18(26)16(29-19(23)28)7-10-6-15(27-2)14(24)8-12(10)20/h3-8,24H,1-2H3,(H,22,25)/b16-7-. The van der Waals surface area contributed by atoms with Crippen LogP contribution in [0.2, 0.25) is 5.02 Å². The second-order valence-corrected chi connectivity index (χ2v) is 8.92. The highest BCUT2D eigenvalue weighted by Gasteiger charge is 2.34. The summed E-state index contributed by atoms with van der Waals surface area (Å²) in [6.45, 7) is 1.86. The monoisotopic (exact) mass is 512 g/mol. The summed E-state index contributed by atoms with van der Waals surface area (Å²) in [5.41, 5.74) is 4.25. The third kappa shape index (κ3) is 4.58. The fourth-order valence-corrected chi connectivity index (χ4v) is 4.44. The number of hydrazine groups is 1. The number of benzene rings is 2. The van der Waals surface area contributed by atoms with E-state index in [9.17, 15) is 14.7 Å². The highest BCUT2D eigenvalue weighted by Crippen LogP contribution is 2.37. The zero-order valence-corrected chi connectivity index (χ0v) is 19.1. The molecule has 0 bridgehead atoms. The molecule has 0 spiro atoms. The molecule has 3 rings (SSSR count). The van der Waals surface area contributed by atoms with Gasteiger partial charge in [-0.2, -0.15) is 5.01 Å². The quantitative estimate of drug-likeness (QED) is 0.457. The molecule has 150 valence electrons. The largest absolute Gasteiger partial charge is 0.504 e. The molecule has 6 nitrogen and oxygen atoms in total. The molecule has 2 N–H and O–H groups in total. The Kier molecular flexibility index (Phi) is 6.52. The number of thioether (sulfide) groups is 1. The highest BCUT2D eigenvalue weighted by atomic mass is 79.9. The molecule has 1 heterocycles. The molecule has 10 heteroatoms. The fourth-order valence-electron chi connectivity index (χ4n) is 2.50. The number of carbonyl (C=O) groups excluding carboxylic acids is 2. The molecule has 1 fully saturated rings. The number of halogens is 2. The Bertz CT molecular complexity index is 1070. The number of nitrogens with zero attached hydrogens (tertiary/aromatic N) is 1. The first kappa shape index (κ1) is 21.6. The minimum Gasteiger partial charge on any atom is -0.504 e. The van der Waals surface area contributed by atoms with E-state index in [2.05, 4.69) is 21.4 Å². The molecule has 0 saturated carbocycles. The predicted molar refractivity (Wildman–Crippen MR) is 121 cm³/mol. The number of aryl methyl sites for hydroxylation is 1. The van der Waals surface area contributed by atoms with Crippen molar-refractivity contribution in [3.63, 3.8) is 0 Å². The van der Waals surface area contributed by atoms with Crippen LogP contribution in [0.4, 0.5) is 0 Å². The Hall–Kier alpha value is -2.07. The topological polar surface area (TPSA) is 78.9 Å².